The Morgan fingerprint density at radius 1 is 1.29 bits per heavy atom. The van der Waals surface area contributed by atoms with E-state index in [-0.39, 0.29) is 0 Å². The van der Waals surface area contributed by atoms with Crippen LogP contribution in [0.5, 0.6) is 0 Å². The molecular formula is C12H19NO. The second-order valence-corrected chi connectivity index (χ2v) is 3.59. The molecule has 1 heterocycles. The van der Waals surface area contributed by atoms with Crippen molar-refractivity contribution in [3.05, 3.63) is 36.1 Å². The third kappa shape index (κ3) is 2.48. The lowest BCUT2D eigenvalue weighted by Gasteiger charge is -2.31. The maximum absolute atomic E-state index is 5.31. The monoisotopic (exact) mass is 193 g/mol. The number of nitrogens with zero attached hydrogens (tertiary/aromatic N) is 1. The molecule has 0 radical (unpaired) electrons. The van der Waals surface area contributed by atoms with Crippen LogP contribution < -0.4 is 0 Å². The van der Waals surface area contributed by atoms with E-state index in [0.717, 1.165) is 31.9 Å². The van der Waals surface area contributed by atoms with Crippen molar-refractivity contribution >= 4 is 0 Å². The standard InChI is InChI=1S/C12H19NO/c1-5-12(11(4)10(2)3)13-6-8-14-9-7-13/h5H,1-2,6-9H2,3-4H3/b12-11+. The normalized spacial score (nSPS) is 18.9. The smallest absolute Gasteiger partial charge is 0.0642 e. The van der Waals surface area contributed by atoms with Crippen molar-refractivity contribution in [2.75, 3.05) is 26.3 Å². The largest absolute Gasteiger partial charge is 0.378 e. The van der Waals surface area contributed by atoms with Gasteiger partial charge in [0, 0.05) is 18.8 Å². The van der Waals surface area contributed by atoms with Crippen LogP contribution in [0.3, 0.4) is 0 Å². The molecule has 0 aromatic heterocycles. The average molecular weight is 193 g/mol. The highest BCUT2D eigenvalue weighted by molar-refractivity contribution is 5.34. The number of morpholine rings is 1. The summed E-state index contributed by atoms with van der Waals surface area (Å²) in [6.07, 6.45) is 1.91. The first-order valence-electron chi connectivity index (χ1n) is 4.98. The second kappa shape index (κ2) is 5.01. The summed E-state index contributed by atoms with van der Waals surface area (Å²) in [5, 5.41) is 0. The summed E-state index contributed by atoms with van der Waals surface area (Å²) in [6, 6.07) is 0. The van der Waals surface area contributed by atoms with Crippen LogP contribution in [0, 0.1) is 0 Å². The van der Waals surface area contributed by atoms with Crippen molar-refractivity contribution in [1.29, 1.82) is 0 Å². The highest BCUT2D eigenvalue weighted by atomic mass is 16.5. The fourth-order valence-corrected chi connectivity index (χ4v) is 1.54. The molecule has 1 rings (SSSR count). The van der Waals surface area contributed by atoms with E-state index in [9.17, 15) is 0 Å². The summed E-state index contributed by atoms with van der Waals surface area (Å²) >= 11 is 0. The van der Waals surface area contributed by atoms with Gasteiger partial charge in [-0.1, -0.05) is 18.7 Å². The SMILES string of the molecule is C=C/C(=C(/C)C(=C)C)N1CCOCC1. The molecule has 0 aromatic rings. The number of rotatable bonds is 3. The molecule has 0 aliphatic carbocycles. The van der Waals surface area contributed by atoms with Gasteiger partial charge in [-0.3, -0.25) is 0 Å². The van der Waals surface area contributed by atoms with Crippen LogP contribution >= 0.6 is 0 Å². The second-order valence-electron chi connectivity index (χ2n) is 3.59. The van der Waals surface area contributed by atoms with Crippen LogP contribution in [0.1, 0.15) is 13.8 Å². The van der Waals surface area contributed by atoms with Gasteiger partial charge in [0.2, 0.25) is 0 Å². The lowest BCUT2D eigenvalue weighted by Crippen LogP contribution is -2.35. The maximum atomic E-state index is 5.31. The van der Waals surface area contributed by atoms with Crippen LogP contribution in [0.2, 0.25) is 0 Å². The summed E-state index contributed by atoms with van der Waals surface area (Å²) in [5.41, 5.74) is 3.52. The fraction of sp³-hybridized carbons (Fsp3) is 0.500. The van der Waals surface area contributed by atoms with E-state index in [0.29, 0.717) is 0 Å². The minimum Gasteiger partial charge on any atom is -0.378 e. The van der Waals surface area contributed by atoms with Gasteiger partial charge in [0.15, 0.2) is 0 Å². The first-order chi connectivity index (χ1) is 6.66. The predicted octanol–water partition coefficient (Wildman–Crippen LogP) is 2.35. The van der Waals surface area contributed by atoms with Gasteiger partial charge in [-0.15, -0.1) is 0 Å². The van der Waals surface area contributed by atoms with Crippen LogP contribution in [-0.2, 0) is 4.74 Å². The Morgan fingerprint density at radius 3 is 2.29 bits per heavy atom. The number of hydrogen-bond acceptors (Lipinski definition) is 2. The van der Waals surface area contributed by atoms with Crippen molar-refractivity contribution in [1.82, 2.24) is 4.90 Å². The summed E-state index contributed by atoms with van der Waals surface area (Å²) in [6.45, 7) is 15.4. The van der Waals surface area contributed by atoms with Crippen LogP contribution in [-0.4, -0.2) is 31.2 Å². The molecular weight excluding hydrogens is 174 g/mol. The molecule has 0 aromatic carbocycles. The average Bonchev–Trinajstić information content (AvgIpc) is 2.20. The molecule has 2 heteroatoms. The van der Waals surface area contributed by atoms with Gasteiger partial charge in [-0.05, 0) is 25.5 Å². The lowest BCUT2D eigenvalue weighted by molar-refractivity contribution is 0.0550. The zero-order valence-corrected chi connectivity index (χ0v) is 9.18. The van der Waals surface area contributed by atoms with E-state index < -0.39 is 0 Å². The summed E-state index contributed by atoms with van der Waals surface area (Å²) in [5.74, 6) is 0. The molecule has 0 bridgehead atoms. The minimum absolute atomic E-state index is 0.806. The molecule has 78 valence electrons. The molecule has 1 aliphatic heterocycles. The zero-order valence-electron chi connectivity index (χ0n) is 9.18. The predicted molar refractivity (Wildman–Crippen MR) is 60.1 cm³/mol. The van der Waals surface area contributed by atoms with Crippen molar-refractivity contribution < 1.29 is 4.74 Å². The van der Waals surface area contributed by atoms with E-state index >= 15 is 0 Å². The van der Waals surface area contributed by atoms with Crippen molar-refractivity contribution in [2.24, 2.45) is 0 Å². The zero-order chi connectivity index (χ0) is 10.6. The molecule has 1 saturated heterocycles. The Balaban J connectivity index is 2.83. The van der Waals surface area contributed by atoms with E-state index in [1.807, 2.05) is 13.0 Å². The summed E-state index contributed by atoms with van der Waals surface area (Å²) < 4.78 is 5.31. The Bertz CT molecular complexity index is 259. The summed E-state index contributed by atoms with van der Waals surface area (Å²) in [7, 11) is 0. The fourth-order valence-electron chi connectivity index (χ4n) is 1.54. The van der Waals surface area contributed by atoms with Gasteiger partial charge in [0.1, 0.15) is 0 Å². The molecule has 1 aliphatic rings. The molecule has 14 heavy (non-hydrogen) atoms. The molecule has 0 spiro atoms. The van der Waals surface area contributed by atoms with Crippen molar-refractivity contribution in [3.8, 4) is 0 Å². The van der Waals surface area contributed by atoms with E-state index in [4.69, 9.17) is 4.74 Å². The topological polar surface area (TPSA) is 12.5 Å². The molecule has 0 saturated carbocycles. The highest BCUT2D eigenvalue weighted by Crippen LogP contribution is 2.18. The van der Waals surface area contributed by atoms with Gasteiger partial charge in [-0.2, -0.15) is 0 Å². The lowest BCUT2D eigenvalue weighted by atomic mass is 10.1. The molecule has 0 N–H and O–H groups in total. The number of ether oxygens (including phenoxy) is 1. The molecule has 0 atom stereocenters. The molecule has 1 fully saturated rings. The molecule has 0 amide bonds. The van der Waals surface area contributed by atoms with Gasteiger partial charge in [0.25, 0.3) is 0 Å². The van der Waals surface area contributed by atoms with Crippen molar-refractivity contribution in [3.63, 3.8) is 0 Å². The van der Waals surface area contributed by atoms with Gasteiger partial charge >= 0.3 is 0 Å². The number of hydrogen-bond donors (Lipinski definition) is 0. The Morgan fingerprint density at radius 2 is 1.86 bits per heavy atom. The first kappa shape index (κ1) is 11.1. The third-order valence-corrected chi connectivity index (χ3v) is 2.57. The highest BCUT2D eigenvalue weighted by Gasteiger charge is 2.13. The van der Waals surface area contributed by atoms with Crippen molar-refractivity contribution in [2.45, 2.75) is 13.8 Å². The van der Waals surface area contributed by atoms with Gasteiger partial charge in [0.05, 0.1) is 13.2 Å². The van der Waals surface area contributed by atoms with Gasteiger partial charge < -0.3 is 9.64 Å². The number of allylic oxidation sites excluding steroid dienone is 3. The van der Waals surface area contributed by atoms with E-state index in [2.05, 4.69) is 25.0 Å². The maximum Gasteiger partial charge on any atom is 0.0642 e. The Hall–Kier alpha value is -1.02. The minimum atomic E-state index is 0.806. The Labute approximate surface area is 86.6 Å². The van der Waals surface area contributed by atoms with Crippen LogP contribution in [0.25, 0.3) is 0 Å². The summed E-state index contributed by atoms with van der Waals surface area (Å²) in [4.78, 5) is 2.31. The van der Waals surface area contributed by atoms with E-state index in [1.165, 1.54) is 11.3 Å². The van der Waals surface area contributed by atoms with Crippen LogP contribution in [0.15, 0.2) is 36.1 Å². The Kier molecular flexibility index (Phi) is 3.96. The molecule has 2 nitrogen and oxygen atoms in total. The molecule has 0 unspecified atom stereocenters. The van der Waals surface area contributed by atoms with E-state index in [1.54, 1.807) is 0 Å². The third-order valence-electron chi connectivity index (χ3n) is 2.57. The first-order valence-corrected chi connectivity index (χ1v) is 4.98. The van der Waals surface area contributed by atoms with Gasteiger partial charge in [-0.25, -0.2) is 0 Å². The quantitative estimate of drug-likeness (QED) is 0.638. The van der Waals surface area contributed by atoms with Crippen LogP contribution in [0.4, 0.5) is 0 Å².